The van der Waals surface area contributed by atoms with E-state index in [1.54, 1.807) is 7.11 Å². The van der Waals surface area contributed by atoms with E-state index in [1.807, 2.05) is 42.6 Å². The molecule has 4 rings (SSSR count). The van der Waals surface area contributed by atoms with Crippen molar-refractivity contribution in [1.29, 1.82) is 0 Å². The molecule has 27 heavy (non-hydrogen) atoms. The molecule has 2 N–H and O–H groups in total. The van der Waals surface area contributed by atoms with Crippen LogP contribution in [0.5, 0.6) is 5.75 Å². The van der Waals surface area contributed by atoms with Crippen molar-refractivity contribution < 1.29 is 9.84 Å². The summed E-state index contributed by atoms with van der Waals surface area (Å²) in [6.45, 7) is 0. The van der Waals surface area contributed by atoms with E-state index in [0.29, 0.717) is 17.0 Å². The largest absolute Gasteiger partial charge is 0.496 e. The maximum absolute atomic E-state index is 9.65. The van der Waals surface area contributed by atoms with Crippen molar-refractivity contribution in [3.8, 4) is 16.9 Å². The first-order valence-corrected chi connectivity index (χ1v) is 9.56. The Bertz CT molecular complexity index is 955. The summed E-state index contributed by atoms with van der Waals surface area (Å²) in [6, 6.07) is 11.9. The number of hydrogen-bond donors (Lipinski definition) is 2. The van der Waals surface area contributed by atoms with E-state index in [2.05, 4.69) is 15.3 Å². The maximum Gasteiger partial charge on any atom is 0.223 e. The van der Waals surface area contributed by atoms with E-state index in [-0.39, 0.29) is 6.10 Å². The van der Waals surface area contributed by atoms with Gasteiger partial charge in [0, 0.05) is 39.8 Å². The Morgan fingerprint density at radius 1 is 1.11 bits per heavy atom. The molecule has 0 saturated heterocycles. The number of hydrogen-bond acceptors (Lipinski definition) is 5. The number of aliphatic hydroxyl groups excluding tert-OH is 1. The number of fused-ring (bicyclic) bond motifs is 1. The molecule has 1 aliphatic rings. The molecule has 0 aliphatic heterocycles. The van der Waals surface area contributed by atoms with Gasteiger partial charge in [0.15, 0.2) is 0 Å². The van der Waals surface area contributed by atoms with Gasteiger partial charge in [0.25, 0.3) is 0 Å². The number of aromatic nitrogens is 2. The first-order valence-electron chi connectivity index (χ1n) is 9.18. The first-order chi connectivity index (χ1) is 13.1. The molecule has 0 spiro atoms. The fourth-order valence-electron chi connectivity index (χ4n) is 3.59. The second-order valence-corrected chi connectivity index (χ2v) is 7.34. The zero-order valence-electron chi connectivity index (χ0n) is 15.2. The highest BCUT2D eigenvalue weighted by molar-refractivity contribution is 6.33. The van der Waals surface area contributed by atoms with Crippen molar-refractivity contribution in [1.82, 2.24) is 9.97 Å². The molecule has 6 heteroatoms. The Balaban J connectivity index is 1.67. The van der Waals surface area contributed by atoms with Crippen LogP contribution in [0.25, 0.3) is 22.0 Å². The summed E-state index contributed by atoms with van der Waals surface area (Å²) in [7, 11) is 1.65. The third-order valence-electron chi connectivity index (χ3n) is 5.10. The number of nitrogens with zero attached hydrogens (tertiary/aromatic N) is 2. The molecule has 1 aliphatic carbocycles. The molecule has 2 aromatic carbocycles. The highest BCUT2D eigenvalue weighted by Crippen LogP contribution is 2.37. The van der Waals surface area contributed by atoms with Gasteiger partial charge in [0.2, 0.25) is 5.95 Å². The van der Waals surface area contributed by atoms with Gasteiger partial charge in [-0.1, -0.05) is 29.8 Å². The Hall–Kier alpha value is -2.37. The number of rotatable bonds is 4. The lowest BCUT2D eigenvalue weighted by molar-refractivity contribution is 0.126. The van der Waals surface area contributed by atoms with Gasteiger partial charge >= 0.3 is 0 Å². The number of ether oxygens (including phenoxy) is 1. The summed E-state index contributed by atoms with van der Waals surface area (Å²) < 4.78 is 5.60. The summed E-state index contributed by atoms with van der Waals surface area (Å²) in [5.74, 6) is 1.33. The SMILES string of the molecule is COc1cc2nc(NC3CCC(O)CC3)ncc2cc1-c1ccccc1Cl. The van der Waals surface area contributed by atoms with Gasteiger partial charge < -0.3 is 15.2 Å². The average Bonchev–Trinajstić information content (AvgIpc) is 2.69. The number of halogens is 1. The molecule has 0 bridgehead atoms. The van der Waals surface area contributed by atoms with E-state index < -0.39 is 0 Å². The number of aliphatic hydroxyl groups is 1. The quantitative estimate of drug-likeness (QED) is 0.685. The molecule has 0 unspecified atom stereocenters. The third kappa shape index (κ3) is 3.84. The van der Waals surface area contributed by atoms with Gasteiger partial charge in [0.1, 0.15) is 5.75 Å². The predicted octanol–water partition coefficient (Wildman–Crippen LogP) is 4.67. The zero-order valence-corrected chi connectivity index (χ0v) is 15.9. The topological polar surface area (TPSA) is 67.3 Å². The van der Waals surface area contributed by atoms with Crippen molar-refractivity contribution in [2.24, 2.45) is 0 Å². The predicted molar refractivity (Wildman–Crippen MR) is 108 cm³/mol. The van der Waals surface area contributed by atoms with Crippen molar-refractivity contribution in [3.05, 3.63) is 47.6 Å². The van der Waals surface area contributed by atoms with Crippen molar-refractivity contribution in [2.45, 2.75) is 37.8 Å². The molecule has 0 radical (unpaired) electrons. The van der Waals surface area contributed by atoms with Gasteiger partial charge in [-0.05, 0) is 37.8 Å². The molecule has 1 fully saturated rings. The monoisotopic (exact) mass is 383 g/mol. The van der Waals surface area contributed by atoms with Gasteiger partial charge in [-0.3, -0.25) is 0 Å². The van der Waals surface area contributed by atoms with Crippen LogP contribution in [0.2, 0.25) is 5.02 Å². The van der Waals surface area contributed by atoms with Crippen LogP contribution >= 0.6 is 11.6 Å². The van der Waals surface area contributed by atoms with Gasteiger partial charge in [0.05, 0.1) is 18.7 Å². The van der Waals surface area contributed by atoms with Crippen LogP contribution in [0.4, 0.5) is 5.95 Å². The van der Waals surface area contributed by atoms with Crippen molar-refractivity contribution >= 4 is 28.5 Å². The van der Waals surface area contributed by atoms with Crippen molar-refractivity contribution in [3.63, 3.8) is 0 Å². The van der Waals surface area contributed by atoms with E-state index in [9.17, 15) is 5.11 Å². The van der Waals surface area contributed by atoms with E-state index >= 15 is 0 Å². The Labute approximate surface area is 163 Å². The highest BCUT2D eigenvalue weighted by Gasteiger charge is 2.20. The Morgan fingerprint density at radius 3 is 2.63 bits per heavy atom. The minimum Gasteiger partial charge on any atom is -0.496 e. The van der Waals surface area contributed by atoms with E-state index in [4.69, 9.17) is 16.3 Å². The standard InChI is InChI=1S/C21H22ClN3O2/c1-27-20-11-19-13(10-17(20)16-4-2-3-5-18(16)22)12-23-21(25-19)24-14-6-8-15(26)9-7-14/h2-5,10-12,14-15,26H,6-9H2,1H3,(H,23,24,25). The van der Waals surface area contributed by atoms with Crippen LogP contribution in [0.1, 0.15) is 25.7 Å². The molecule has 1 aromatic heterocycles. The molecule has 3 aromatic rings. The van der Waals surface area contributed by atoms with Crippen LogP contribution in [0.3, 0.4) is 0 Å². The second-order valence-electron chi connectivity index (χ2n) is 6.93. The lowest BCUT2D eigenvalue weighted by Gasteiger charge is -2.26. The fourth-order valence-corrected chi connectivity index (χ4v) is 3.83. The van der Waals surface area contributed by atoms with Crippen LogP contribution in [-0.2, 0) is 0 Å². The van der Waals surface area contributed by atoms with E-state index in [0.717, 1.165) is 53.5 Å². The van der Waals surface area contributed by atoms with Gasteiger partial charge in [-0.15, -0.1) is 0 Å². The van der Waals surface area contributed by atoms with Crippen LogP contribution < -0.4 is 10.1 Å². The van der Waals surface area contributed by atoms with Gasteiger partial charge in [-0.2, -0.15) is 0 Å². The molecular formula is C21H22ClN3O2. The highest BCUT2D eigenvalue weighted by atomic mass is 35.5. The van der Waals surface area contributed by atoms with Crippen LogP contribution in [-0.4, -0.2) is 34.3 Å². The Morgan fingerprint density at radius 2 is 1.89 bits per heavy atom. The summed E-state index contributed by atoms with van der Waals surface area (Å²) in [6.07, 6.45) is 5.14. The summed E-state index contributed by atoms with van der Waals surface area (Å²) in [5.41, 5.74) is 2.65. The van der Waals surface area contributed by atoms with Crippen LogP contribution in [0, 0.1) is 0 Å². The summed E-state index contributed by atoms with van der Waals surface area (Å²) >= 11 is 6.37. The van der Waals surface area contributed by atoms with E-state index in [1.165, 1.54) is 0 Å². The Kier molecular flexibility index (Phi) is 5.14. The fraction of sp³-hybridized carbons (Fsp3) is 0.333. The smallest absolute Gasteiger partial charge is 0.223 e. The van der Waals surface area contributed by atoms with Crippen molar-refractivity contribution in [2.75, 3.05) is 12.4 Å². The van der Waals surface area contributed by atoms with Gasteiger partial charge in [-0.25, -0.2) is 9.97 Å². The average molecular weight is 384 g/mol. The number of benzene rings is 2. The molecule has 5 nitrogen and oxygen atoms in total. The van der Waals surface area contributed by atoms with Crippen LogP contribution in [0.15, 0.2) is 42.6 Å². The molecule has 140 valence electrons. The lowest BCUT2D eigenvalue weighted by atomic mass is 9.93. The molecule has 1 saturated carbocycles. The zero-order chi connectivity index (χ0) is 18.8. The molecule has 1 heterocycles. The number of nitrogens with one attached hydrogen (secondary N) is 1. The first kappa shape index (κ1) is 18.0. The second kappa shape index (κ2) is 7.71. The third-order valence-corrected chi connectivity index (χ3v) is 5.42. The molecular weight excluding hydrogens is 362 g/mol. The lowest BCUT2D eigenvalue weighted by Crippen LogP contribution is -2.28. The number of methoxy groups -OCH3 is 1. The molecule has 0 atom stereocenters. The minimum absolute atomic E-state index is 0.173. The summed E-state index contributed by atoms with van der Waals surface area (Å²) in [5, 5.41) is 14.6. The molecule has 0 amide bonds. The number of anilines is 1. The normalized spacial score (nSPS) is 19.8. The maximum atomic E-state index is 9.65. The summed E-state index contributed by atoms with van der Waals surface area (Å²) in [4.78, 5) is 9.13. The minimum atomic E-state index is -0.173.